The van der Waals surface area contributed by atoms with Crippen molar-refractivity contribution in [1.82, 2.24) is 29.3 Å². The monoisotopic (exact) mass is 324 g/mol. The first-order valence-corrected chi connectivity index (χ1v) is 8.43. The van der Waals surface area contributed by atoms with Gasteiger partial charge in [-0.15, -0.1) is 5.10 Å². The van der Waals surface area contributed by atoms with Crippen molar-refractivity contribution in [2.75, 3.05) is 13.1 Å². The van der Waals surface area contributed by atoms with E-state index in [9.17, 15) is 0 Å². The molecule has 7 heteroatoms. The SMILES string of the molecule is Cc1ccc2nc(CN3CC[C@@H]4OCc5cnnn5[C@H]4C3)cn2c1. The van der Waals surface area contributed by atoms with E-state index < -0.39 is 0 Å². The van der Waals surface area contributed by atoms with Gasteiger partial charge in [0.25, 0.3) is 0 Å². The third-order valence-corrected chi connectivity index (χ3v) is 5.05. The Labute approximate surface area is 139 Å². The predicted molar refractivity (Wildman–Crippen MR) is 87.5 cm³/mol. The number of pyridine rings is 1. The predicted octanol–water partition coefficient (Wildman–Crippen LogP) is 1.58. The first-order chi connectivity index (χ1) is 11.8. The van der Waals surface area contributed by atoms with E-state index >= 15 is 0 Å². The molecule has 3 aromatic rings. The number of aromatic nitrogens is 5. The van der Waals surface area contributed by atoms with Crippen molar-refractivity contribution >= 4 is 5.65 Å². The van der Waals surface area contributed by atoms with Crippen LogP contribution in [0.5, 0.6) is 0 Å². The maximum atomic E-state index is 5.98. The summed E-state index contributed by atoms with van der Waals surface area (Å²) in [6, 6.07) is 4.43. The number of nitrogens with zero attached hydrogens (tertiary/aromatic N) is 6. The molecule has 24 heavy (non-hydrogen) atoms. The normalized spacial score (nSPS) is 24.0. The molecule has 5 rings (SSSR count). The molecule has 0 aliphatic carbocycles. The van der Waals surface area contributed by atoms with Crippen molar-refractivity contribution in [3.8, 4) is 0 Å². The van der Waals surface area contributed by atoms with Crippen LogP contribution in [0.2, 0.25) is 0 Å². The Balaban J connectivity index is 1.36. The number of fused-ring (bicyclic) bond motifs is 4. The largest absolute Gasteiger partial charge is 0.370 e. The molecule has 1 fully saturated rings. The average molecular weight is 324 g/mol. The highest BCUT2D eigenvalue weighted by atomic mass is 16.5. The number of hydrogen-bond acceptors (Lipinski definition) is 5. The van der Waals surface area contributed by atoms with Gasteiger partial charge in [0.05, 0.1) is 36.3 Å². The third kappa shape index (κ3) is 2.32. The Hall–Kier alpha value is -2.25. The first-order valence-electron chi connectivity index (χ1n) is 8.43. The average Bonchev–Trinajstić information content (AvgIpc) is 3.20. The Morgan fingerprint density at radius 1 is 1.29 bits per heavy atom. The minimum Gasteiger partial charge on any atom is -0.370 e. The van der Waals surface area contributed by atoms with Gasteiger partial charge in [0.15, 0.2) is 0 Å². The summed E-state index contributed by atoms with van der Waals surface area (Å²) in [6.45, 7) is 5.53. The van der Waals surface area contributed by atoms with E-state index in [2.05, 4.69) is 51.1 Å². The Morgan fingerprint density at radius 2 is 2.25 bits per heavy atom. The molecule has 2 atom stereocenters. The molecule has 2 aliphatic rings. The summed E-state index contributed by atoms with van der Waals surface area (Å²) in [5, 5.41) is 8.31. The molecular formula is C17H20N6O. The minimum atomic E-state index is 0.249. The lowest BCUT2D eigenvalue weighted by molar-refractivity contribution is -0.0671. The highest BCUT2D eigenvalue weighted by molar-refractivity contribution is 5.41. The van der Waals surface area contributed by atoms with Gasteiger partial charge in [0.2, 0.25) is 0 Å². The van der Waals surface area contributed by atoms with Gasteiger partial charge in [0, 0.05) is 32.0 Å². The molecule has 7 nitrogen and oxygen atoms in total. The maximum Gasteiger partial charge on any atom is 0.137 e. The van der Waals surface area contributed by atoms with Gasteiger partial charge in [-0.3, -0.25) is 4.90 Å². The summed E-state index contributed by atoms with van der Waals surface area (Å²) in [4.78, 5) is 7.18. The fourth-order valence-corrected chi connectivity index (χ4v) is 3.85. The fraction of sp³-hybridized carbons (Fsp3) is 0.471. The molecule has 0 N–H and O–H groups in total. The van der Waals surface area contributed by atoms with Crippen LogP contribution in [0.3, 0.4) is 0 Å². The Kier molecular flexibility index (Phi) is 3.17. The number of rotatable bonds is 2. The van der Waals surface area contributed by atoms with E-state index in [1.165, 1.54) is 5.56 Å². The second-order valence-electron chi connectivity index (χ2n) is 6.81. The molecule has 0 bridgehead atoms. The van der Waals surface area contributed by atoms with Crippen LogP contribution in [0.25, 0.3) is 5.65 Å². The topological polar surface area (TPSA) is 60.5 Å². The molecule has 0 aromatic carbocycles. The fourth-order valence-electron chi connectivity index (χ4n) is 3.85. The van der Waals surface area contributed by atoms with E-state index in [0.29, 0.717) is 6.61 Å². The zero-order chi connectivity index (χ0) is 16.1. The molecule has 0 amide bonds. The molecule has 0 saturated carbocycles. The lowest BCUT2D eigenvalue weighted by Gasteiger charge is -2.40. The summed E-state index contributed by atoms with van der Waals surface area (Å²) in [7, 11) is 0. The van der Waals surface area contributed by atoms with Crippen LogP contribution in [0.15, 0.2) is 30.7 Å². The van der Waals surface area contributed by atoms with Gasteiger partial charge < -0.3 is 9.14 Å². The molecule has 1 saturated heterocycles. The second kappa shape index (κ2) is 5.39. The maximum absolute atomic E-state index is 5.98. The lowest BCUT2D eigenvalue weighted by atomic mass is 10.0. The van der Waals surface area contributed by atoms with E-state index in [1.807, 2.05) is 4.68 Å². The molecule has 124 valence electrons. The number of aryl methyl sites for hydroxylation is 1. The third-order valence-electron chi connectivity index (χ3n) is 5.05. The molecule has 0 radical (unpaired) electrons. The van der Waals surface area contributed by atoms with Crippen molar-refractivity contribution in [3.63, 3.8) is 0 Å². The standard InChI is InChI=1S/C17H20N6O/c1-12-2-3-17-19-13(9-22(17)7-12)8-21-5-4-16-15(10-21)23-14(11-24-16)6-18-20-23/h2-3,6-7,9,15-16H,4-5,8,10-11H2,1H3/t15-,16-/m0/s1. The quantitative estimate of drug-likeness (QED) is 0.716. The van der Waals surface area contributed by atoms with Gasteiger partial charge in [-0.2, -0.15) is 0 Å². The molecule has 5 heterocycles. The lowest BCUT2D eigenvalue weighted by Crippen LogP contribution is -2.47. The van der Waals surface area contributed by atoms with Crippen molar-refractivity contribution in [2.24, 2.45) is 0 Å². The molecule has 2 aliphatic heterocycles. The summed E-state index contributed by atoms with van der Waals surface area (Å²) >= 11 is 0. The van der Waals surface area contributed by atoms with Crippen LogP contribution in [-0.4, -0.2) is 48.5 Å². The van der Waals surface area contributed by atoms with Crippen LogP contribution in [-0.2, 0) is 17.9 Å². The van der Waals surface area contributed by atoms with Crippen molar-refractivity contribution in [1.29, 1.82) is 0 Å². The highest BCUT2D eigenvalue weighted by Crippen LogP contribution is 2.30. The summed E-state index contributed by atoms with van der Waals surface area (Å²) < 4.78 is 10.1. The number of likely N-dealkylation sites (tertiary alicyclic amines) is 1. The minimum absolute atomic E-state index is 0.249. The van der Waals surface area contributed by atoms with Crippen LogP contribution in [0.1, 0.15) is 29.4 Å². The summed E-state index contributed by atoms with van der Waals surface area (Å²) in [5.74, 6) is 0. The zero-order valence-corrected chi connectivity index (χ0v) is 13.7. The first kappa shape index (κ1) is 14.1. The van der Waals surface area contributed by atoms with E-state index in [1.54, 1.807) is 6.20 Å². The van der Waals surface area contributed by atoms with Crippen LogP contribution in [0.4, 0.5) is 0 Å². The van der Waals surface area contributed by atoms with E-state index in [0.717, 1.165) is 43.1 Å². The van der Waals surface area contributed by atoms with Gasteiger partial charge in [-0.1, -0.05) is 11.3 Å². The van der Waals surface area contributed by atoms with Gasteiger partial charge >= 0.3 is 0 Å². The van der Waals surface area contributed by atoms with E-state index in [4.69, 9.17) is 9.72 Å². The Morgan fingerprint density at radius 3 is 3.21 bits per heavy atom. The molecule has 0 spiro atoms. The number of hydrogen-bond donors (Lipinski definition) is 0. The van der Waals surface area contributed by atoms with Gasteiger partial charge in [-0.25, -0.2) is 9.67 Å². The van der Waals surface area contributed by atoms with Crippen molar-refractivity contribution < 1.29 is 4.74 Å². The summed E-state index contributed by atoms with van der Waals surface area (Å²) in [6.07, 6.45) is 7.33. The Bertz CT molecular complexity index is 884. The second-order valence-corrected chi connectivity index (χ2v) is 6.81. The number of imidazole rings is 1. The van der Waals surface area contributed by atoms with Crippen LogP contribution in [0, 0.1) is 6.92 Å². The zero-order valence-electron chi connectivity index (χ0n) is 13.7. The van der Waals surface area contributed by atoms with Crippen molar-refractivity contribution in [2.45, 2.75) is 38.6 Å². The van der Waals surface area contributed by atoms with Gasteiger partial charge in [-0.05, 0) is 25.0 Å². The summed E-state index contributed by atoms with van der Waals surface area (Å²) in [5.41, 5.74) is 4.42. The highest BCUT2D eigenvalue weighted by Gasteiger charge is 2.36. The van der Waals surface area contributed by atoms with Crippen molar-refractivity contribution in [3.05, 3.63) is 47.7 Å². The molecule has 3 aromatic heterocycles. The molecule has 0 unspecified atom stereocenters. The van der Waals surface area contributed by atoms with Gasteiger partial charge in [0.1, 0.15) is 5.65 Å². The number of ether oxygens (including phenoxy) is 1. The number of piperidine rings is 1. The van der Waals surface area contributed by atoms with Crippen LogP contribution >= 0.6 is 0 Å². The smallest absolute Gasteiger partial charge is 0.137 e. The van der Waals surface area contributed by atoms with Crippen LogP contribution < -0.4 is 0 Å². The molecular weight excluding hydrogens is 304 g/mol. The van der Waals surface area contributed by atoms with E-state index in [-0.39, 0.29) is 12.1 Å².